The molecule has 0 saturated heterocycles. The predicted octanol–water partition coefficient (Wildman–Crippen LogP) is 6.65. The van der Waals surface area contributed by atoms with Crippen LogP contribution in [0.15, 0.2) is 102 Å². The zero-order valence-electron chi connectivity index (χ0n) is 27.8. The molecule has 0 atom stereocenters. The van der Waals surface area contributed by atoms with Crippen LogP contribution < -0.4 is 15.4 Å². The van der Waals surface area contributed by atoms with E-state index < -0.39 is 21.8 Å². The summed E-state index contributed by atoms with van der Waals surface area (Å²) in [7, 11) is -4.26. The molecule has 10 nitrogen and oxygen atoms in total. The normalized spacial score (nSPS) is 12.7. The Morgan fingerprint density at radius 3 is 2.40 bits per heavy atom. The van der Waals surface area contributed by atoms with E-state index in [2.05, 4.69) is 28.5 Å². The number of halogens is 1. The summed E-state index contributed by atoms with van der Waals surface area (Å²) in [6.45, 7) is 5.92. The first kappa shape index (κ1) is 34.8. The highest BCUT2D eigenvalue weighted by Gasteiger charge is 2.29. The van der Waals surface area contributed by atoms with Crippen LogP contribution in [0.2, 0.25) is 5.02 Å². The molecule has 5 aromatic rings. The molecule has 0 fully saturated rings. The minimum atomic E-state index is -4.26. The third kappa shape index (κ3) is 7.11. The van der Waals surface area contributed by atoms with E-state index in [1.54, 1.807) is 23.1 Å². The fraction of sp³-hybridized carbons (Fsp3) is 0.211. The molecule has 0 saturated carbocycles. The molecule has 0 radical (unpaired) electrons. The third-order valence-corrected chi connectivity index (χ3v) is 10.1. The van der Waals surface area contributed by atoms with Gasteiger partial charge in [-0.3, -0.25) is 9.59 Å². The molecule has 6 rings (SSSR count). The van der Waals surface area contributed by atoms with Gasteiger partial charge in [-0.05, 0) is 65.1 Å². The van der Waals surface area contributed by atoms with Gasteiger partial charge in [0.05, 0.1) is 33.9 Å². The lowest BCUT2D eigenvalue weighted by molar-refractivity contribution is 0.0794. The molecule has 1 aliphatic heterocycles. The molecule has 0 unspecified atom stereocenters. The summed E-state index contributed by atoms with van der Waals surface area (Å²) >= 11 is 6.72. The van der Waals surface area contributed by atoms with Crippen molar-refractivity contribution in [2.24, 2.45) is 5.73 Å². The molecule has 0 aliphatic carbocycles. The second kappa shape index (κ2) is 14.8. The van der Waals surface area contributed by atoms with E-state index >= 15 is 0 Å². The van der Waals surface area contributed by atoms with Gasteiger partial charge in [-0.1, -0.05) is 86.1 Å². The summed E-state index contributed by atoms with van der Waals surface area (Å²) in [4.78, 5) is 41.1. The monoisotopic (exact) mass is 708 g/mol. The van der Waals surface area contributed by atoms with E-state index in [0.29, 0.717) is 28.3 Å². The SMILES string of the molecule is CCCN(CCC)c1ncc(Cl)c(-c2ccc(C(=O)NS(=O)(=O)c3ccc4ccccc4c3)cc2C(=O)N2Cc3ccccc3C=C2CN)n1. The predicted molar refractivity (Wildman–Crippen MR) is 197 cm³/mol. The Balaban J connectivity index is 1.43. The fourth-order valence-electron chi connectivity index (χ4n) is 6.06. The number of sulfonamides is 1. The molecule has 0 spiro atoms. The molecule has 50 heavy (non-hydrogen) atoms. The lowest BCUT2D eigenvalue weighted by Gasteiger charge is -2.30. The van der Waals surface area contributed by atoms with Crippen LogP contribution >= 0.6 is 11.6 Å². The Labute approximate surface area is 296 Å². The van der Waals surface area contributed by atoms with Crippen molar-refractivity contribution < 1.29 is 18.0 Å². The second-order valence-corrected chi connectivity index (χ2v) is 14.1. The summed E-state index contributed by atoms with van der Waals surface area (Å²) < 4.78 is 29.0. The molecule has 2 heterocycles. The Morgan fingerprint density at radius 2 is 1.66 bits per heavy atom. The minimum absolute atomic E-state index is 0.0406. The molecule has 4 aromatic carbocycles. The van der Waals surface area contributed by atoms with E-state index in [-0.39, 0.29) is 34.1 Å². The van der Waals surface area contributed by atoms with Gasteiger partial charge >= 0.3 is 0 Å². The van der Waals surface area contributed by atoms with Crippen LogP contribution in [0.25, 0.3) is 28.1 Å². The number of aromatic nitrogens is 2. The number of nitrogens with one attached hydrogen (secondary N) is 1. The van der Waals surface area contributed by atoms with E-state index in [9.17, 15) is 18.0 Å². The molecule has 1 aliphatic rings. The Morgan fingerprint density at radius 1 is 0.940 bits per heavy atom. The van der Waals surface area contributed by atoms with Crippen LogP contribution in [-0.4, -0.2) is 54.7 Å². The van der Waals surface area contributed by atoms with E-state index in [4.69, 9.17) is 22.3 Å². The van der Waals surface area contributed by atoms with Crippen molar-refractivity contribution in [1.82, 2.24) is 19.6 Å². The maximum atomic E-state index is 14.6. The van der Waals surface area contributed by atoms with Crippen LogP contribution in [0, 0.1) is 0 Å². The van der Waals surface area contributed by atoms with Gasteiger partial charge in [-0.25, -0.2) is 23.1 Å². The number of fused-ring (bicyclic) bond motifs is 2. The van der Waals surface area contributed by atoms with Crippen molar-refractivity contribution in [2.75, 3.05) is 24.5 Å². The van der Waals surface area contributed by atoms with Gasteiger partial charge in [0.2, 0.25) is 5.95 Å². The first-order valence-electron chi connectivity index (χ1n) is 16.4. The van der Waals surface area contributed by atoms with Gasteiger partial charge in [-0.15, -0.1) is 0 Å². The van der Waals surface area contributed by atoms with Gasteiger partial charge in [0, 0.05) is 36.5 Å². The average Bonchev–Trinajstić information content (AvgIpc) is 3.13. The number of anilines is 1. The quantitative estimate of drug-likeness (QED) is 0.156. The van der Waals surface area contributed by atoms with Crippen molar-refractivity contribution in [3.63, 3.8) is 0 Å². The number of hydrogen-bond acceptors (Lipinski definition) is 8. The van der Waals surface area contributed by atoms with Crippen LogP contribution in [0.5, 0.6) is 0 Å². The number of nitrogens with zero attached hydrogens (tertiary/aromatic N) is 4. The topological polar surface area (TPSA) is 139 Å². The summed E-state index contributed by atoms with van der Waals surface area (Å²) in [5, 5.41) is 1.79. The molecular formula is C38H37ClN6O4S. The number of rotatable bonds is 11. The third-order valence-electron chi connectivity index (χ3n) is 8.53. The summed E-state index contributed by atoms with van der Waals surface area (Å²) in [5.41, 5.74) is 9.34. The van der Waals surface area contributed by atoms with Crippen molar-refractivity contribution in [2.45, 2.75) is 38.1 Å². The highest BCUT2D eigenvalue weighted by molar-refractivity contribution is 7.90. The first-order chi connectivity index (χ1) is 24.1. The Kier molecular flexibility index (Phi) is 10.3. The molecule has 12 heteroatoms. The van der Waals surface area contributed by atoms with Crippen LogP contribution in [-0.2, 0) is 16.6 Å². The Hall–Kier alpha value is -5.10. The van der Waals surface area contributed by atoms with E-state index in [0.717, 1.165) is 42.4 Å². The van der Waals surface area contributed by atoms with Gasteiger partial charge in [0.15, 0.2) is 0 Å². The van der Waals surface area contributed by atoms with Crippen molar-refractivity contribution in [1.29, 1.82) is 0 Å². The van der Waals surface area contributed by atoms with Crippen molar-refractivity contribution in [3.8, 4) is 11.3 Å². The lowest BCUT2D eigenvalue weighted by Crippen LogP contribution is -2.36. The van der Waals surface area contributed by atoms with E-state index in [1.165, 1.54) is 30.5 Å². The maximum Gasteiger partial charge on any atom is 0.265 e. The van der Waals surface area contributed by atoms with Crippen LogP contribution in [0.3, 0.4) is 0 Å². The maximum absolute atomic E-state index is 14.6. The summed E-state index contributed by atoms with van der Waals surface area (Å²) in [6.07, 6.45) is 5.13. The standard InChI is InChI=1S/C38H37ClN6O4S/c1-3-17-44(18-4-2)38-41-23-34(39)35(42-38)32-16-14-28(36(46)43-50(48,49)31-15-13-25-9-5-6-11-27(25)20-31)21-33(32)37(47)45-24-29-12-8-7-10-26(29)19-30(45)22-40/h5-16,19-21,23H,3-4,17-18,22,24,40H2,1-2H3,(H,43,46). The fourth-order valence-corrected chi connectivity index (χ4v) is 7.26. The largest absolute Gasteiger partial charge is 0.341 e. The Bertz CT molecular complexity index is 2230. The molecule has 0 bridgehead atoms. The van der Waals surface area contributed by atoms with Crippen LogP contribution in [0.1, 0.15) is 58.5 Å². The number of amides is 2. The zero-order valence-corrected chi connectivity index (χ0v) is 29.3. The highest BCUT2D eigenvalue weighted by Crippen LogP contribution is 2.34. The smallest absolute Gasteiger partial charge is 0.265 e. The minimum Gasteiger partial charge on any atom is -0.341 e. The van der Waals surface area contributed by atoms with Gasteiger partial charge in [0.25, 0.3) is 21.8 Å². The van der Waals surface area contributed by atoms with E-state index in [1.807, 2.05) is 48.5 Å². The second-order valence-electron chi connectivity index (χ2n) is 12.0. The molecule has 256 valence electrons. The van der Waals surface area contributed by atoms with Gasteiger partial charge < -0.3 is 15.5 Å². The highest BCUT2D eigenvalue weighted by atomic mass is 35.5. The number of hydrogen-bond donors (Lipinski definition) is 2. The van der Waals surface area contributed by atoms with Gasteiger partial charge in [-0.2, -0.15) is 0 Å². The molecular weight excluding hydrogens is 672 g/mol. The summed E-state index contributed by atoms with van der Waals surface area (Å²) in [6, 6.07) is 24.1. The molecule has 3 N–H and O–H groups in total. The molecule has 1 aromatic heterocycles. The number of benzene rings is 4. The van der Waals surface area contributed by atoms with Gasteiger partial charge in [0.1, 0.15) is 0 Å². The lowest BCUT2D eigenvalue weighted by atomic mass is 9.97. The van der Waals surface area contributed by atoms with Crippen molar-refractivity contribution in [3.05, 3.63) is 124 Å². The van der Waals surface area contributed by atoms with Crippen molar-refractivity contribution >= 4 is 56.2 Å². The number of carbonyl (C=O) groups is 2. The summed E-state index contributed by atoms with van der Waals surface area (Å²) in [5.74, 6) is -0.887. The van der Waals surface area contributed by atoms with Crippen LogP contribution in [0.4, 0.5) is 5.95 Å². The molecule has 2 amide bonds. The number of nitrogens with two attached hydrogens (primary N) is 1. The first-order valence-corrected chi connectivity index (χ1v) is 18.3. The number of carbonyl (C=O) groups excluding carboxylic acids is 2. The average molecular weight is 709 g/mol. The zero-order chi connectivity index (χ0) is 35.4.